The number of nitrogens with zero attached hydrogens (tertiary/aromatic N) is 6. The number of aromatic nitrogens is 3. The Morgan fingerprint density at radius 1 is 1.11 bits per heavy atom. The molecule has 2 saturated heterocycles. The van der Waals surface area contributed by atoms with Gasteiger partial charge in [0.25, 0.3) is 0 Å². The molecule has 2 fully saturated rings. The molecule has 1 aromatic carbocycles. The molecule has 38 heavy (non-hydrogen) atoms. The minimum Gasteiger partial charge on any atom is -0.365 e. The number of unbranched alkanes of at least 4 members (excludes halogenated alkanes) is 2. The van der Waals surface area contributed by atoms with E-state index >= 15 is 0 Å². The number of hydrogen-bond donors (Lipinski definition) is 1. The number of likely N-dealkylation sites (tertiary alicyclic amines) is 1. The summed E-state index contributed by atoms with van der Waals surface area (Å²) in [6, 6.07) is 15.6. The summed E-state index contributed by atoms with van der Waals surface area (Å²) in [5, 5.41) is 8.76. The fraction of sp³-hybridized carbons (Fsp3) is 0.548. The van der Waals surface area contributed by atoms with Gasteiger partial charge in [0.1, 0.15) is 11.6 Å². The predicted octanol–water partition coefficient (Wildman–Crippen LogP) is 5.44. The number of fused-ring (bicyclic) bond motifs is 1. The first-order valence-electron chi connectivity index (χ1n) is 14.6. The van der Waals surface area contributed by atoms with E-state index in [0.29, 0.717) is 0 Å². The summed E-state index contributed by atoms with van der Waals surface area (Å²) in [5.74, 6) is 2.22. The van der Waals surface area contributed by atoms with Crippen LogP contribution in [0.2, 0.25) is 0 Å². The van der Waals surface area contributed by atoms with Gasteiger partial charge in [0, 0.05) is 51.1 Å². The van der Waals surface area contributed by atoms with Gasteiger partial charge in [0.05, 0.1) is 17.8 Å². The fourth-order valence-electron chi connectivity index (χ4n) is 5.84. The predicted molar refractivity (Wildman–Crippen MR) is 158 cm³/mol. The first-order chi connectivity index (χ1) is 18.6. The Morgan fingerprint density at radius 3 is 2.63 bits per heavy atom. The van der Waals surface area contributed by atoms with Gasteiger partial charge in [-0.3, -0.25) is 0 Å². The lowest BCUT2D eigenvalue weighted by Gasteiger charge is -2.40. The van der Waals surface area contributed by atoms with E-state index in [-0.39, 0.29) is 12.1 Å². The third-order valence-electron chi connectivity index (χ3n) is 8.33. The average Bonchev–Trinajstić information content (AvgIpc) is 3.35. The third-order valence-corrected chi connectivity index (χ3v) is 8.33. The maximum Gasteiger partial charge on any atom is 0.160 e. The van der Waals surface area contributed by atoms with E-state index in [4.69, 9.17) is 10.1 Å². The van der Waals surface area contributed by atoms with Gasteiger partial charge in [-0.1, -0.05) is 56.7 Å². The highest BCUT2D eigenvalue weighted by Gasteiger charge is 2.31. The van der Waals surface area contributed by atoms with Crippen LogP contribution in [0.4, 0.5) is 11.6 Å². The monoisotopic (exact) mass is 515 g/mol. The molecule has 3 aromatic rings. The molecule has 2 aliphatic heterocycles. The molecule has 4 heterocycles. The molecule has 0 bridgehead atoms. The van der Waals surface area contributed by atoms with E-state index < -0.39 is 0 Å². The van der Waals surface area contributed by atoms with Crippen molar-refractivity contribution in [3.8, 4) is 0 Å². The summed E-state index contributed by atoms with van der Waals surface area (Å²) in [4.78, 5) is 12.3. The summed E-state index contributed by atoms with van der Waals surface area (Å²) < 4.78 is 2.08. The maximum absolute atomic E-state index is 5.22. The normalized spacial score (nSPS) is 18.4. The summed E-state index contributed by atoms with van der Waals surface area (Å²) in [6.45, 7) is 11.1. The summed E-state index contributed by atoms with van der Waals surface area (Å²) in [7, 11) is 4.24. The first kappa shape index (κ1) is 26.5. The van der Waals surface area contributed by atoms with Crippen molar-refractivity contribution in [2.24, 2.45) is 0 Å². The highest BCUT2D eigenvalue weighted by atomic mass is 15.4. The SMILES string of the molecule is C=C(C(Cc1ccccc1)NC)N1CCCC[C@H]1c1cc2nc(N3CCC3)cc(N(C)CCCCC)n2n1. The van der Waals surface area contributed by atoms with Gasteiger partial charge in [-0.2, -0.15) is 9.61 Å². The number of rotatable bonds is 12. The number of hydrogen-bond acceptors (Lipinski definition) is 6. The van der Waals surface area contributed by atoms with E-state index in [1.807, 2.05) is 7.05 Å². The zero-order valence-electron chi connectivity index (χ0n) is 23.6. The largest absolute Gasteiger partial charge is 0.365 e. The molecule has 0 spiro atoms. The minimum absolute atomic E-state index is 0.187. The number of piperidine rings is 1. The molecule has 204 valence electrons. The molecule has 2 aromatic heterocycles. The lowest BCUT2D eigenvalue weighted by Crippen LogP contribution is -2.42. The van der Waals surface area contributed by atoms with Crippen LogP contribution >= 0.6 is 0 Å². The van der Waals surface area contributed by atoms with Gasteiger partial charge in [-0.25, -0.2) is 4.98 Å². The second-order valence-corrected chi connectivity index (χ2v) is 11.0. The second-order valence-electron chi connectivity index (χ2n) is 11.0. The zero-order chi connectivity index (χ0) is 26.5. The minimum atomic E-state index is 0.187. The van der Waals surface area contributed by atoms with Crippen molar-refractivity contribution < 1.29 is 0 Å². The van der Waals surface area contributed by atoms with Crippen molar-refractivity contribution in [2.75, 3.05) is 50.1 Å². The van der Waals surface area contributed by atoms with Crippen molar-refractivity contribution in [3.63, 3.8) is 0 Å². The average molecular weight is 516 g/mol. The van der Waals surface area contributed by atoms with Gasteiger partial charge in [-0.05, 0) is 51.1 Å². The number of anilines is 2. The second kappa shape index (κ2) is 12.2. The summed E-state index contributed by atoms with van der Waals surface area (Å²) in [6.07, 6.45) is 9.32. The molecule has 0 amide bonds. The Hall–Kier alpha value is -3.06. The van der Waals surface area contributed by atoms with E-state index in [2.05, 4.69) is 87.5 Å². The van der Waals surface area contributed by atoms with Crippen LogP contribution in [0.15, 0.2) is 54.7 Å². The van der Waals surface area contributed by atoms with Gasteiger partial charge in [-0.15, -0.1) is 0 Å². The van der Waals surface area contributed by atoms with E-state index in [0.717, 1.165) is 67.7 Å². The Balaban J connectivity index is 1.44. The fourth-order valence-corrected chi connectivity index (χ4v) is 5.84. The molecule has 0 radical (unpaired) electrons. The zero-order valence-corrected chi connectivity index (χ0v) is 23.6. The standard InChI is InChI=1S/C31H45N7/c1-5-6-11-17-35(4)31-23-29(36-18-13-19-36)33-30-22-27(34-38(30)31)28-16-10-12-20-37(28)24(2)26(32-3)21-25-14-8-7-9-15-25/h7-9,14-15,22-23,26,28,32H,2,5-6,10-13,16-21H2,1,3-4H3/t26?,28-/m0/s1. The van der Waals surface area contributed by atoms with Crippen molar-refractivity contribution >= 4 is 17.3 Å². The quantitative estimate of drug-likeness (QED) is 0.324. The number of benzene rings is 1. The third kappa shape index (κ3) is 5.68. The van der Waals surface area contributed by atoms with Crippen molar-refractivity contribution in [2.45, 2.75) is 70.4 Å². The van der Waals surface area contributed by atoms with Crippen LogP contribution in [-0.2, 0) is 6.42 Å². The molecular weight excluding hydrogens is 470 g/mol. The Bertz CT molecular complexity index is 1200. The molecule has 0 aliphatic carbocycles. The van der Waals surface area contributed by atoms with Crippen LogP contribution in [0.25, 0.3) is 5.65 Å². The molecule has 5 rings (SSSR count). The van der Waals surface area contributed by atoms with Crippen molar-refractivity contribution in [1.29, 1.82) is 0 Å². The van der Waals surface area contributed by atoms with E-state index in [1.165, 1.54) is 44.1 Å². The van der Waals surface area contributed by atoms with Gasteiger partial charge in [0.2, 0.25) is 0 Å². The highest BCUT2D eigenvalue weighted by Crippen LogP contribution is 2.35. The number of nitrogens with one attached hydrogen (secondary N) is 1. The lowest BCUT2D eigenvalue weighted by molar-refractivity contribution is 0.178. The van der Waals surface area contributed by atoms with E-state index in [9.17, 15) is 0 Å². The van der Waals surface area contributed by atoms with Crippen molar-refractivity contribution in [3.05, 3.63) is 66.0 Å². The topological polar surface area (TPSA) is 51.9 Å². The van der Waals surface area contributed by atoms with Gasteiger partial charge in [0.15, 0.2) is 5.65 Å². The highest BCUT2D eigenvalue weighted by molar-refractivity contribution is 5.60. The van der Waals surface area contributed by atoms with E-state index in [1.54, 1.807) is 0 Å². The van der Waals surface area contributed by atoms with Crippen molar-refractivity contribution in [1.82, 2.24) is 24.8 Å². The molecule has 2 atom stereocenters. The van der Waals surface area contributed by atoms with Crippen LogP contribution in [0.3, 0.4) is 0 Å². The lowest BCUT2D eigenvalue weighted by atomic mass is 9.95. The maximum atomic E-state index is 5.22. The molecule has 0 saturated carbocycles. The van der Waals surface area contributed by atoms with Crippen LogP contribution in [0, 0.1) is 0 Å². The van der Waals surface area contributed by atoms with Crippen LogP contribution < -0.4 is 15.1 Å². The Kier molecular flexibility index (Phi) is 8.52. The number of likely N-dealkylation sites (N-methyl/N-ethyl adjacent to an activating group) is 1. The first-order valence-corrected chi connectivity index (χ1v) is 14.6. The van der Waals surface area contributed by atoms with Crippen LogP contribution in [-0.4, -0.2) is 65.8 Å². The van der Waals surface area contributed by atoms with Crippen LogP contribution in [0.1, 0.15) is 69.2 Å². The molecule has 7 heteroatoms. The van der Waals surface area contributed by atoms with Gasteiger partial charge >= 0.3 is 0 Å². The Labute approximate surface area is 228 Å². The smallest absolute Gasteiger partial charge is 0.160 e. The summed E-state index contributed by atoms with van der Waals surface area (Å²) in [5.41, 5.74) is 4.54. The molecule has 2 aliphatic rings. The van der Waals surface area contributed by atoms with Gasteiger partial charge < -0.3 is 20.0 Å². The molecule has 1 unspecified atom stereocenters. The molecule has 1 N–H and O–H groups in total. The van der Waals surface area contributed by atoms with Crippen LogP contribution in [0.5, 0.6) is 0 Å². The summed E-state index contributed by atoms with van der Waals surface area (Å²) >= 11 is 0. The molecular formula is C31H45N7. The molecule has 7 nitrogen and oxygen atoms in total. The Morgan fingerprint density at radius 2 is 1.92 bits per heavy atom.